The number of carbonyl (C=O) groups excluding carboxylic acids is 1. The van der Waals surface area contributed by atoms with Crippen LogP contribution in [0.2, 0.25) is 0 Å². The van der Waals surface area contributed by atoms with Crippen molar-refractivity contribution in [2.24, 2.45) is 0 Å². The maximum absolute atomic E-state index is 13.1. The molecule has 0 saturated carbocycles. The maximum atomic E-state index is 13.1. The number of aryl methyl sites for hydroxylation is 1. The molecule has 2 aromatic carbocycles. The van der Waals surface area contributed by atoms with Gasteiger partial charge in [-0.1, -0.05) is 48.0 Å². The van der Waals surface area contributed by atoms with E-state index in [1.807, 2.05) is 61.5 Å². The highest BCUT2D eigenvalue weighted by molar-refractivity contribution is 7.21. The van der Waals surface area contributed by atoms with Crippen LogP contribution in [0.4, 0.5) is 17.4 Å². The summed E-state index contributed by atoms with van der Waals surface area (Å²) in [5, 5.41) is 16.9. The second kappa shape index (κ2) is 8.31. The van der Waals surface area contributed by atoms with Crippen LogP contribution in [-0.2, 0) is 0 Å². The Bertz CT molecular complexity index is 1580. The number of thiophene rings is 1. The van der Waals surface area contributed by atoms with Gasteiger partial charge >= 0.3 is 5.88 Å². The first-order chi connectivity index (χ1) is 16.5. The van der Waals surface area contributed by atoms with E-state index in [9.17, 15) is 10.1 Å². The standard InChI is InChI=1S/C24H17N7O2S/c1-13-7-9-14(10-8-13)18-16(11-25)22(27)29-24-19(18)20(26)21(34-24)23(32)28-17-12-31(30-33-17)15-5-3-2-4-6-15/h2-10,12H,1H3,(H4-,26,27,28,29,30,32)/p+1. The molecule has 1 amide bonds. The molecule has 5 rings (SSSR count). The van der Waals surface area contributed by atoms with Gasteiger partial charge in [-0.25, -0.2) is 4.98 Å². The quantitative estimate of drug-likeness (QED) is 0.340. The Morgan fingerprint density at radius 3 is 2.59 bits per heavy atom. The molecule has 0 atom stereocenters. The molecule has 0 saturated heterocycles. The van der Waals surface area contributed by atoms with Crippen LogP contribution in [0.25, 0.3) is 27.0 Å². The molecular formula is C24H18N7O2S+. The van der Waals surface area contributed by atoms with Gasteiger partial charge in [-0.3, -0.25) is 14.6 Å². The molecule has 0 aliphatic heterocycles. The van der Waals surface area contributed by atoms with Crippen molar-refractivity contribution < 1.29 is 14.0 Å². The number of carbonyl (C=O) groups is 1. The van der Waals surface area contributed by atoms with Crippen molar-refractivity contribution in [1.82, 2.24) is 10.3 Å². The Morgan fingerprint density at radius 1 is 1.15 bits per heavy atom. The summed E-state index contributed by atoms with van der Waals surface area (Å²) in [4.78, 5) is 18.1. The Labute approximate surface area is 197 Å². The van der Waals surface area contributed by atoms with Gasteiger partial charge < -0.3 is 11.5 Å². The highest BCUT2D eigenvalue weighted by atomic mass is 32.1. The van der Waals surface area contributed by atoms with Gasteiger partial charge in [0.05, 0.1) is 5.69 Å². The molecule has 5 aromatic rings. The number of para-hydroxylation sites is 1. The van der Waals surface area contributed by atoms with E-state index in [1.165, 1.54) is 4.68 Å². The fourth-order valence-electron chi connectivity index (χ4n) is 3.63. The highest BCUT2D eigenvalue weighted by Crippen LogP contribution is 2.42. The first-order valence-electron chi connectivity index (χ1n) is 10.2. The summed E-state index contributed by atoms with van der Waals surface area (Å²) >= 11 is 1.09. The predicted molar refractivity (Wildman–Crippen MR) is 129 cm³/mol. The first kappa shape index (κ1) is 21.1. The minimum atomic E-state index is -0.483. The number of amides is 1. The van der Waals surface area contributed by atoms with Crippen molar-refractivity contribution >= 4 is 44.9 Å². The van der Waals surface area contributed by atoms with Crippen LogP contribution in [0.3, 0.4) is 0 Å². The Morgan fingerprint density at radius 2 is 1.88 bits per heavy atom. The molecule has 34 heavy (non-hydrogen) atoms. The molecule has 166 valence electrons. The van der Waals surface area contributed by atoms with E-state index in [1.54, 1.807) is 6.20 Å². The van der Waals surface area contributed by atoms with Crippen molar-refractivity contribution in [3.05, 3.63) is 76.8 Å². The summed E-state index contributed by atoms with van der Waals surface area (Å²) in [5.74, 6) is -0.253. The lowest BCUT2D eigenvalue weighted by Gasteiger charge is -2.10. The van der Waals surface area contributed by atoms with Gasteiger partial charge in [0.1, 0.15) is 27.2 Å². The van der Waals surface area contributed by atoms with E-state index in [0.29, 0.717) is 15.8 Å². The number of nitrogens with zero attached hydrogens (tertiary/aromatic N) is 4. The summed E-state index contributed by atoms with van der Waals surface area (Å²) in [6.07, 6.45) is 1.55. The van der Waals surface area contributed by atoms with Gasteiger partial charge in [0.25, 0.3) is 12.1 Å². The third-order valence-electron chi connectivity index (χ3n) is 5.29. The van der Waals surface area contributed by atoms with E-state index >= 15 is 0 Å². The molecule has 0 aliphatic rings. The number of rotatable bonds is 4. The molecule has 3 aromatic heterocycles. The average Bonchev–Trinajstić information content (AvgIpc) is 3.44. The smallest absolute Gasteiger partial charge is 0.303 e. The molecule has 10 heteroatoms. The SMILES string of the molecule is Cc1ccc(-c2c(C#N)c(N)nc3sc(C(=O)Nc4c[n+](-c5ccccc5)no4)c(N)c23)cc1. The number of nitrogens with one attached hydrogen (secondary N) is 1. The zero-order valence-electron chi connectivity index (χ0n) is 17.9. The van der Waals surface area contributed by atoms with Crippen LogP contribution in [0.15, 0.2) is 65.3 Å². The number of benzene rings is 2. The number of fused-ring (bicyclic) bond motifs is 1. The fourth-order valence-corrected chi connectivity index (χ4v) is 4.64. The predicted octanol–water partition coefficient (Wildman–Crippen LogP) is 3.82. The number of hydrogen-bond acceptors (Lipinski definition) is 8. The second-order valence-corrected chi connectivity index (χ2v) is 8.55. The molecular weight excluding hydrogens is 450 g/mol. The minimum Gasteiger partial charge on any atom is -0.397 e. The minimum absolute atomic E-state index is 0.0814. The van der Waals surface area contributed by atoms with Crippen molar-refractivity contribution in [1.29, 1.82) is 5.26 Å². The van der Waals surface area contributed by atoms with E-state index in [0.717, 1.165) is 28.2 Å². The number of nitrogens with two attached hydrogens (primary N) is 2. The summed E-state index contributed by atoms with van der Waals surface area (Å²) in [6, 6.07) is 19.1. The lowest BCUT2D eigenvalue weighted by molar-refractivity contribution is -0.670. The summed E-state index contributed by atoms with van der Waals surface area (Å²) in [7, 11) is 0. The van der Waals surface area contributed by atoms with Crippen LogP contribution in [0.1, 0.15) is 20.8 Å². The lowest BCUT2D eigenvalue weighted by atomic mass is 9.96. The number of aromatic nitrogens is 3. The summed E-state index contributed by atoms with van der Waals surface area (Å²) < 4.78 is 6.75. The van der Waals surface area contributed by atoms with Gasteiger partial charge in [-0.05, 0) is 17.2 Å². The lowest BCUT2D eigenvalue weighted by Crippen LogP contribution is -2.31. The topological polar surface area (TPSA) is 148 Å². The first-order valence-corrected chi connectivity index (χ1v) is 11.0. The third kappa shape index (κ3) is 3.60. The van der Waals surface area contributed by atoms with Crippen LogP contribution in [0.5, 0.6) is 0 Å². The molecule has 0 fully saturated rings. The van der Waals surface area contributed by atoms with E-state index in [2.05, 4.69) is 21.6 Å². The molecule has 3 heterocycles. The van der Waals surface area contributed by atoms with Crippen LogP contribution in [0, 0.1) is 18.3 Å². The molecule has 0 bridgehead atoms. The molecule has 0 aliphatic carbocycles. The number of hydrogen-bond donors (Lipinski definition) is 3. The van der Waals surface area contributed by atoms with Crippen LogP contribution in [-0.4, -0.2) is 16.2 Å². The molecule has 0 unspecified atom stereocenters. The van der Waals surface area contributed by atoms with Crippen LogP contribution >= 0.6 is 11.3 Å². The van der Waals surface area contributed by atoms with E-state index < -0.39 is 5.91 Å². The van der Waals surface area contributed by atoms with Crippen molar-refractivity contribution in [2.75, 3.05) is 16.8 Å². The van der Waals surface area contributed by atoms with E-state index in [4.69, 9.17) is 16.0 Å². The van der Waals surface area contributed by atoms with Gasteiger partial charge in [0, 0.05) is 23.1 Å². The monoisotopic (exact) mass is 468 g/mol. The van der Waals surface area contributed by atoms with Gasteiger partial charge in [-0.2, -0.15) is 5.26 Å². The highest BCUT2D eigenvalue weighted by Gasteiger charge is 2.26. The molecule has 9 nitrogen and oxygen atoms in total. The Balaban J connectivity index is 1.56. The largest absolute Gasteiger partial charge is 0.397 e. The molecule has 0 spiro atoms. The van der Waals surface area contributed by atoms with Crippen LogP contribution < -0.4 is 21.5 Å². The number of nitrogen functional groups attached to an aromatic ring is 2. The van der Waals surface area contributed by atoms with Crippen molar-refractivity contribution in [2.45, 2.75) is 6.92 Å². The Hall–Kier alpha value is -4.75. The summed E-state index contributed by atoms with van der Waals surface area (Å²) in [6.45, 7) is 1.97. The molecule has 5 N–H and O–H groups in total. The van der Waals surface area contributed by atoms with Crippen molar-refractivity contribution in [3.8, 4) is 22.9 Å². The second-order valence-electron chi connectivity index (χ2n) is 7.55. The normalized spacial score (nSPS) is 10.8. The molecule has 0 radical (unpaired) electrons. The zero-order chi connectivity index (χ0) is 23.8. The van der Waals surface area contributed by atoms with Gasteiger partial charge in [0.15, 0.2) is 0 Å². The third-order valence-corrected chi connectivity index (χ3v) is 6.39. The zero-order valence-corrected chi connectivity index (χ0v) is 18.8. The maximum Gasteiger partial charge on any atom is 0.303 e. The average molecular weight is 469 g/mol. The van der Waals surface area contributed by atoms with E-state index in [-0.39, 0.29) is 27.8 Å². The number of anilines is 3. The summed E-state index contributed by atoms with van der Waals surface area (Å²) in [5.41, 5.74) is 16.1. The number of nitriles is 1. The van der Waals surface area contributed by atoms with Gasteiger partial charge in [-0.15, -0.1) is 11.3 Å². The van der Waals surface area contributed by atoms with Crippen molar-refractivity contribution in [3.63, 3.8) is 0 Å². The van der Waals surface area contributed by atoms with Gasteiger partial charge in [0.2, 0.25) is 11.0 Å². The number of pyridine rings is 1. The fraction of sp³-hybridized carbons (Fsp3) is 0.0417. The Kier molecular flexibility index (Phi) is 5.16.